The third-order valence-electron chi connectivity index (χ3n) is 4.29. The SMILES string of the molecule is C[C@H](NC(=O)NCc1ccc(NC(=O)c2ccco2)cc1)[C@@H]1CCCO1. The van der Waals surface area contributed by atoms with Crippen LogP contribution in [0.5, 0.6) is 0 Å². The first-order valence-electron chi connectivity index (χ1n) is 8.71. The van der Waals surface area contributed by atoms with Gasteiger partial charge in [-0.2, -0.15) is 0 Å². The van der Waals surface area contributed by atoms with Crippen molar-refractivity contribution in [2.75, 3.05) is 11.9 Å². The standard InChI is InChI=1S/C19H23N3O4/c1-13(16-4-2-10-25-16)21-19(24)20-12-14-6-8-15(9-7-14)22-18(23)17-5-3-11-26-17/h3,5-9,11,13,16H,2,4,10,12H2,1H3,(H,22,23)(H2,20,21,24)/t13-,16-/m0/s1. The van der Waals surface area contributed by atoms with Crippen molar-refractivity contribution in [2.24, 2.45) is 0 Å². The van der Waals surface area contributed by atoms with E-state index in [2.05, 4.69) is 16.0 Å². The Balaban J connectivity index is 1.43. The van der Waals surface area contributed by atoms with Gasteiger partial charge in [0, 0.05) is 18.8 Å². The average Bonchev–Trinajstić information content (AvgIpc) is 3.34. The first-order valence-corrected chi connectivity index (χ1v) is 8.71. The van der Waals surface area contributed by atoms with Crippen molar-refractivity contribution in [1.82, 2.24) is 10.6 Å². The van der Waals surface area contributed by atoms with Crippen LogP contribution in [0.25, 0.3) is 0 Å². The highest BCUT2D eigenvalue weighted by Crippen LogP contribution is 2.15. The summed E-state index contributed by atoms with van der Waals surface area (Å²) in [6.07, 6.45) is 3.57. The zero-order chi connectivity index (χ0) is 18.4. The normalized spacial score (nSPS) is 17.5. The van der Waals surface area contributed by atoms with Crippen LogP contribution in [0.4, 0.5) is 10.5 Å². The molecule has 3 rings (SSSR count). The van der Waals surface area contributed by atoms with Crippen molar-refractivity contribution in [2.45, 2.75) is 38.5 Å². The number of nitrogens with one attached hydrogen (secondary N) is 3. The molecule has 0 aliphatic carbocycles. The van der Waals surface area contributed by atoms with E-state index in [0.29, 0.717) is 12.2 Å². The van der Waals surface area contributed by atoms with Crippen molar-refractivity contribution in [3.05, 3.63) is 54.0 Å². The summed E-state index contributed by atoms with van der Waals surface area (Å²) < 4.78 is 10.6. The van der Waals surface area contributed by atoms with E-state index in [1.165, 1.54) is 6.26 Å². The molecule has 2 aromatic rings. The van der Waals surface area contributed by atoms with E-state index in [1.54, 1.807) is 24.3 Å². The highest BCUT2D eigenvalue weighted by molar-refractivity contribution is 6.02. The lowest BCUT2D eigenvalue weighted by atomic mass is 10.1. The molecule has 0 saturated carbocycles. The molecule has 1 aliphatic rings. The van der Waals surface area contributed by atoms with E-state index in [-0.39, 0.29) is 29.8 Å². The fourth-order valence-electron chi connectivity index (χ4n) is 2.84. The lowest BCUT2D eigenvalue weighted by molar-refractivity contribution is 0.0860. The molecule has 7 heteroatoms. The smallest absolute Gasteiger partial charge is 0.315 e. The van der Waals surface area contributed by atoms with Crippen LogP contribution in [-0.2, 0) is 11.3 Å². The Morgan fingerprint density at radius 2 is 2.04 bits per heavy atom. The van der Waals surface area contributed by atoms with Gasteiger partial charge in [0.1, 0.15) is 0 Å². The average molecular weight is 357 g/mol. The number of anilines is 1. The van der Waals surface area contributed by atoms with Crippen LogP contribution in [0.15, 0.2) is 47.1 Å². The van der Waals surface area contributed by atoms with Gasteiger partial charge in [-0.25, -0.2) is 4.79 Å². The third-order valence-corrected chi connectivity index (χ3v) is 4.29. The van der Waals surface area contributed by atoms with E-state index in [1.807, 2.05) is 19.1 Å². The van der Waals surface area contributed by atoms with Gasteiger partial charge in [-0.1, -0.05) is 12.1 Å². The van der Waals surface area contributed by atoms with E-state index in [4.69, 9.17) is 9.15 Å². The minimum Gasteiger partial charge on any atom is -0.459 e. The van der Waals surface area contributed by atoms with Gasteiger partial charge in [0.2, 0.25) is 0 Å². The van der Waals surface area contributed by atoms with Gasteiger partial charge in [0.15, 0.2) is 5.76 Å². The highest BCUT2D eigenvalue weighted by atomic mass is 16.5. The summed E-state index contributed by atoms with van der Waals surface area (Å²) in [4.78, 5) is 23.9. The van der Waals surface area contributed by atoms with Crippen LogP contribution in [0.1, 0.15) is 35.9 Å². The number of rotatable bonds is 6. The molecule has 3 N–H and O–H groups in total. The number of amides is 3. The van der Waals surface area contributed by atoms with Gasteiger partial charge in [-0.05, 0) is 49.6 Å². The Kier molecular flexibility index (Phi) is 5.91. The minimum absolute atomic E-state index is 0.0170. The van der Waals surface area contributed by atoms with E-state index in [9.17, 15) is 9.59 Å². The van der Waals surface area contributed by atoms with E-state index < -0.39 is 0 Å². The Bertz CT molecular complexity index is 722. The zero-order valence-electron chi connectivity index (χ0n) is 14.7. The monoisotopic (exact) mass is 357 g/mol. The topological polar surface area (TPSA) is 92.6 Å². The molecule has 0 unspecified atom stereocenters. The molecule has 1 aromatic heterocycles. The third kappa shape index (κ3) is 4.86. The minimum atomic E-state index is -0.302. The highest BCUT2D eigenvalue weighted by Gasteiger charge is 2.23. The molecule has 1 saturated heterocycles. The van der Waals surface area contributed by atoms with Crippen molar-refractivity contribution < 1.29 is 18.7 Å². The van der Waals surface area contributed by atoms with E-state index in [0.717, 1.165) is 25.0 Å². The molecule has 3 amide bonds. The fraction of sp³-hybridized carbons (Fsp3) is 0.368. The lowest BCUT2D eigenvalue weighted by Crippen LogP contribution is -2.45. The molecular formula is C19H23N3O4. The maximum atomic E-state index is 12.0. The number of hydrogen-bond donors (Lipinski definition) is 3. The first-order chi connectivity index (χ1) is 12.6. The molecule has 1 aliphatic heterocycles. The lowest BCUT2D eigenvalue weighted by Gasteiger charge is -2.20. The number of carbonyl (C=O) groups is 2. The number of ether oxygens (including phenoxy) is 1. The van der Waals surface area contributed by atoms with Crippen molar-refractivity contribution in [3.63, 3.8) is 0 Å². The number of benzene rings is 1. The second kappa shape index (κ2) is 8.53. The van der Waals surface area contributed by atoms with Gasteiger partial charge in [0.05, 0.1) is 18.4 Å². The molecular weight excluding hydrogens is 334 g/mol. The second-order valence-electron chi connectivity index (χ2n) is 6.30. The molecule has 1 aromatic carbocycles. The van der Waals surface area contributed by atoms with Crippen LogP contribution < -0.4 is 16.0 Å². The van der Waals surface area contributed by atoms with Gasteiger partial charge in [0.25, 0.3) is 5.91 Å². The fourth-order valence-corrected chi connectivity index (χ4v) is 2.84. The maximum absolute atomic E-state index is 12.0. The summed E-state index contributed by atoms with van der Waals surface area (Å²) in [6, 6.07) is 10.3. The predicted molar refractivity (Wildman–Crippen MR) is 96.9 cm³/mol. The van der Waals surface area contributed by atoms with Crippen molar-refractivity contribution in [1.29, 1.82) is 0 Å². The van der Waals surface area contributed by atoms with Gasteiger partial charge in [-0.15, -0.1) is 0 Å². The summed E-state index contributed by atoms with van der Waals surface area (Å²) >= 11 is 0. The number of carbonyl (C=O) groups excluding carboxylic acids is 2. The van der Waals surface area contributed by atoms with Crippen LogP contribution in [0, 0.1) is 0 Å². The largest absolute Gasteiger partial charge is 0.459 e. The summed E-state index contributed by atoms with van der Waals surface area (Å²) in [5, 5.41) is 8.48. The molecule has 0 radical (unpaired) electrons. The van der Waals surface area contributed by atoms with Gasteiger partial charge in [-0.3, -0.25) is 4.79 Å². The zero-order valence-corrected chi connectivity index (χ0v) is 14.7. The van der Waals surface area contributed by atoms with E-state index >= 15 is 0 Å². The van der Waals surface area contributed by atoms with Crippen LogP contribution >= 0.6 is 0 Å². The summed E-state index contributed by atoms with van der Waals surface area (Å²) in [6.45, 7) is 3.11. The number of furan rings is 1. The molecule has 2 heterocycles. The Labute approximate surface area is 152 Å². The molecule has 26 heavy (non-hydrogen) atoms. The van der Waals surface area contributed by atoms with Crippen molar-refractivity contribution in [3.8, 4) is 0 Å². The summed E-state index contributed by atoms with van der Waals surface area (Å²) in [7, 11) is 0. The Morgan fingerprint density at radius 1 is 1.23 bits per heavy atom. The van der Waals surface area contributed by atoms with Gasteiger partial charge >= 0.3 is 6.03 Å². The second-order valence-corrected chi connectivity index (χ2v) is 6.30. The van der Waals surface area contributed by atoms with Crippen LogP contribution in [-0.4, -0.2) is 30.7 Å². The van der Waals surface area contributed by atoms with Crippen LogP contribution in [0.2, 0.25) is 0 Å². The van der Waals surface area contributed by atoms with Crippen molar-refractivity contribution >= 4 is 17.6 Å². The quantitative estimate of drug-likeness (QED) is 0.741. The summed E-state index contributed by atoms with van der Waals surface area (Å²) in [5.41, 5.74) is 1.59. The number of hydrogen-bond acceptors (Lipinski definition) is 4. The Hall–Kier alpha value is -2.80. The number of urea groups is 1. The molecule has 1 fully saturated rings. The predicted octanol–water partition coefficient (Wildman–Crippen LogP) is 2.90. The molecule has 0 spiro atoms. The molecule has 7 nitrogen and oxygen atoms in total. The maximum Gasteiger partial charge on any atom is 0.315 e. The summed E-state index contributed by atoms with van der Waals surface area (Å²) in [5.74, 6) is -0.0452. The first kappa shape index (κ1) is 18.0. The van der Waals surface area contributed by atoms with Crippen LogP contribution in [0.3, 0.4) is 0 Å². The molecule has 138 valence electrons. The Morgan fingerprint density at radius 3 is 2.69 bits per heavy atom. The van der Waals surface area contributed by atoms with Gasteiger partial charge < -0.3 is 25.1 Å². The molecule has 2 atom stereocenters. The molecule has 0 bridgehead atoms.